The van der Waals surface area contributed by atoms with E-state index >= 15 is 0 Å². The lowest BCUT2D eigenvalue weighted by Crippen LogP contribution is -2.23. The number of benzene rings is 2. The standard InChI is InChI=1S/C26H26N2O4/c1-17-10-18(2)23(19(3)11-17)16-32-24-8-7-20(13-25(24)30-4)12-21(14-27)26(29)28-15-22-6-5-9-31-22/h5-13H,15-16H2,1-4H3,(H,28,29)/b21-12-. The molecule has 0 unspecified atom stereocenters. The average molecular weight is 431 g/mol. The molecular formula is C26H26N2O4. The highest BCUT2D eigenvalue weighted by molar-refractivity contribution is 6.01. The van der Waals surface area contributed by atoms with Crippen LogP contribution in [0.25, 0.3) is 6.08 Å². The minimum absolute atomic E-state index is 0.0156. The zero-order valence-corrected chi connectivity index (χ0v) is 18.7. The summed E-state index contributed by atoms with van der Waals surface area (Å²) in [7, 11) is 1.55. The van der Waals surface area contributed by atoms with Gasteiger partial charge < -0.3 is 19.2 Å². The van der Waals surface area contributed by atoms with E-state index in [1.54, 1.807) is 37.4 Å². The van der Waals surface area contributed by atoms with Crippen LogP contribution in [0.4, 0.5) is 0 Å². The summed E-state index contributed by atoms with van der Waals surface area (Å²) < 4.78 is 16.7. The van der Waals surface area contributed by atoms with Gasteiger partial charge >= 0.3 is 0 Å². The lowest BCUT2D eigenvalue weighted by atomic mass is 10.0. The number of aryl methyl sites for hydroxylation is 3. The number of nitrogens with one attached hydrogen (secondary N) is 1. The Morgan fingerprint density at radius 1 is 1.12 bits per heavy atom. The van der Waals surface area contributed by atoms with Gasteiger partial charge in [-0.1, -0.05) is 23.8 Å². The first-order valence-electron chi connectivity index (χ1n) is 10.2. The largest absolute Gasteiger partial charge is 0.493 e. The summed E-state index contributed by atoms with van der Waals surface area (Å²) in [6.45, 7) is 6.85. The average Bonchev–Trinajstić information content (AvgIpc) is 3.29. The Morgan fingerprint density at radius 2 is 1.88 bits per heavy atom. The number of ether oxygens (including phenoxy) is 2. The second-order valence-electron chi connectivity index (χ2n) is 7.51. The monoisotopic (exact) mass is 430 g/mol. The van der Waals surface area contributed by atoms with Crippen LogP contribution in [-0.2, 0) is 17.9 Å². The van der Waals surface area contributed by atoms with Crippen molar-refractivity contribution in [2.75, 3.05) is 7.11 Å². The van der Waals surface area contributed by atoms with Crippen LogP contribution >= 0.6 is 0 Å². The van der Waals surface area contributed by atoms with Crippen LogP contribution in [0, 0.1) is 32.1 Å². The summed E-state index contributed by atoms with van der Waals surface area (Å²) in [5.41, 5.74) is 5.36. The van der Waals surface area contributed by atoms with E-state index < -0.39 is 5.91 Å². The van der Waals surface area contributed by atoms with Gasteiger partial charge in [0.15, 0.2) is 11.5 Å². The molecule has 1 N–H and O–H groups in total. The van der Waals surface area contributed by atoms with Crippen LogP contribution in [0.1, 0.15) is 33.6 Å². The first kappa shape index (κ1) is 22.7. The van der Waals surface area contributed by atoms with Crippen LogP contribution in [0.15, 0.2) is 58.7 Å². The summed E-state index contributed by atoms with van der Waals surface area (Å²) in [6, 6.07) is 15.0. The second-order valence-corrected chi connectivity index (χ2v) is 7.51. The van der Waals surface area contributed by atoms with E-state index in [4.69, 9.17) is 13.9 Å². The summed E-state index contributed by atoms with van der Waals surface area (Å²) in [4.78, 5) is 12.3. The molecule has 0 aliphatic heterocycles. The zero-order chi connectivity index (χ0) is 23.1. The third kappa shape index (κ3) is 5.58. The predicted octanol–water partition coefficient (Wildman–Crippen LogP) is 5.02. The van der Waals surface area contributed by atoms with E-state index in [0.29, 0.717) is 29.4 Å². The minimum Gasteiger partial charge on any atom is -0.493 e. The van der Waals surface area contributed by atoms with E-state index in [0.717, 1.165) is 5.56 Å². The summed E-state index contributed by atoms with van der Waals surface area (Å²) >= 11 is 0. The van der Waals surface area contributed by atoms with Crippen molar-refractivity contribution in [3.8, 4) is 17.6 Å². The number of rotatable bonds is 8. The van der Waals surface area contributed by atoms with Gasteiger partial charge in [-0.05, 0) is 73.4 Å². The van der Waals surface area contributed by atoms with E-state index in [2.05, 4.69) is 38.2 Å². The molecule has 32 heavy (non-hydrogen) atoms. The number of nitrogens with zero attached hydrogens (tertiary/aromatic N) is 1. The minimum atomic E-state index is -0.478. The molecule has 1 aromatic heterocycles. The van der Waals surface area contributed by atoms with Gasteiger partial charge in [0.25, 0.3) is 5.91 Å². The van der Waals surface area contributed by atoms with Crippen LogP contribution in [-0.4, -0.2) is 13.0 Å². The van der Waals surface area contributed by atoms with Crippen molar-refractivity contribution in [1.82, 2.24) is 5.32 Å². The van der Waals surface area contributed by atoms with Gasteiger partial charge in [-0.25, -0.2) is 0 Å². The highest BCUT2D eigenvalue weighted by Gasteiger charge is 2.12. The Hall–Kier alpha value is -3.98. The van der Waals surface area contributed by atoms with E-state index in [1.165, 1.54) is 29.0 Å². The number of amides is 1. The predicted molar refractivity (Wildman–Crippen MR) is 122 cm³/mol. The summed E-state index contributed by atoms with van der Waals surface area (Å²) in [5.74, 6) is 1.24. The molecule has 0 fully saturated rings. The zero-order valence-electron chi connectivity index (χ0n) is 18.7. The molecule has 0 radical (unpaired) electrons. The number of carbonyl (C=O) groups excluding carboxylic acids is 1. The smallest absolute Gasteiger partial charge is 0.262 e. The number of furan rings is 1. The van der Waals surface area contributed by atoms with Crippen molar-refractivity contribution < 1.29 is 18.7 Å². The molecule has 6 nitrogen and oxygen atoms in total. The van der Waals surface area contributed by atoms with Crippen LogP contribution < -0.4 is 14.8 Å². The van der Waals surface area contributed by atoms with Gasteiger partial charge in [-0.3, -0.25) is 4.79 Å². The highest BCUT2D eigenvalue weighted by atomic mass is 16.5. The molecular weight excluding hydrogens is 404 g/mol. The Bertz CT molecular complexity index is 1150. The van der Waals surface area contributed by atoms with Crippen LogP contribution in [0.2, 0.25) is 0 Å². The molecule has 164 valence electrons. The Balaban J connectivity index is 1.73. The van der Waals surface area contributed by atoms with Crippen molar-refractivity contribution in [3.05, 3.63) is 87.9 Å². The third-order valence-electron chi connectivity index (χ3n) is 5.08. The van der Waals surface area contributed by atoms with E-state index in [-0.39, 0.29) is 12.1 Å². The Kier molecular flexibility index (Phi) is 7.35. The van der Waals surface area contributed by atoms with Gasteiger partial charge in [0.2, 0.25) is 0 Å². The molecule has 2 aromatic carbocycles. The topological polar surface area (TPSA) is 84.5 Å². The number of hydrogen-bond acceptors (Lipinski definition) is 5. The van der Waals surface area contributed by atoms with Gasteiger partial charge in [0.05, 0.1) is 19.9 Å². The first-order valence-corrected chi connectivity index (χ1v) is 10.2. The molecule has 0 spiro atoms. The molecule has 0 aliphatic carbocycles. The molecule has 1 amide bonds. The Labute approximate surface area is 188 Å². The number of methoxy groups -OCH3 is 1. The molecule has 3 aromatic rings. The van der Waals surface area contributed by atoms with Gasteiger partial charge in [-0.2, -0.15) is 5.26 Å². The Morgan fingerprint density at radius 3 is 2.50 bits per heavy atom. The maximum atomic E-state index is 12.3. The fourth-order valence-corrected chi connectivity index (χ4v) is 3.47. The summed E-state index contributed by atoms with van der Waals surface area (Å²) in [6.07, 6.45) is 3.04. The maximum Gasteiger partial charge on any atom is 0.262 e. The SMILES string of the molecule is COc1cc(/C=C(/C#N)C(=O)NCc2ccco2)ccc1OCc1c(C)cc(C)cc1C. The molecule has 0 saturated heterocycles. The lowest BCUT2D eigenvalue weighted by molar-refractivity contribution is -0.117. The van der Waals surface area contributed by atoms with E-state index in [9.17, 15) is 10.1 Å². The fraction of sp³-hybridized carbons (Fsp3) is 0.231. The van der Waals surface area contributed by atoms with Crippen molar-refractivity contribution in [2.45, 2.75) is 33.9 Å². The van der Waals surface area contributed by atoms with Crippen molar-refractivity contribution >= 4 is 12.0 Å². The fourth-order valence-electron chi connectivity index (χ4n) is 3.47. The van der Waals surface area contributed by atoms with Crippen molar-refractivity contribution in [2.24, 2.45) is 0 Å². The molecule has 6 heteroatoms. The maximum absolute atomic E-state index is 12.3. The molecule has 0 bridgehead atoms. The third-order valence-corrected chi connectivity index (χ3v) is 5.08. The van der Waals surface area contributed by atoms with Gasteiger partial charge in [0.1, 0.15) is 24.0 Å². The molecule has 3 rings (SSSR count). The van der Waals surface area contributed by atoms with Gasteiger partial charge in [-0.15, -0.1) is 0 Å². The number of hydrogen-bond donors (Lipinski definition) is 1. The number of carbonyl (C=O) groups is 1. The van der Waals surface area contributed by atoms with Crippen molar-refractivity contribution in [3.63, 3.8) is 0 Å². The second kappa shape index (κ2) is 10.4. The highest BCUT2D eigenvalue weighted by Crippen LogP contribution is 2.30. The van der Waals surface area contributed by atoms with E-state index in [1.807, 2.05) is 6.07 Å². The van der Waals surface area contributed by atoms with Gasteiger partial charge in [0, 0.05) is 0 Å². The molecule has 0 aliphatic rings. The molecule has 1 heterocycles. The van der Waals surface area contributed by atoms with Crippen LogP contribution in [0.5, 0.6) is 11.5 Å². The number of nitriles is 1. The first-order chi connectivity index (χ1) is 15.4. The van der Waals surface area contributed by atoms with Crippen LogP contribution in [0.3, 0.4) is 0 Å². The molecule has 0 saturated carbocycles. The lowest BCUT2D eigenvalue weighted by Gasteiger charge is -2.15. The quantitative estimate of drug-likeness (QED) is 0.401. The van der Waals surface area contributed by atoms with Crippen molar-refractivity contribution in [1.29, 1.82) is 5.26 Å². The summed E-state index contributed by atoms with van der Waals surface area (Å²) in [5, 5.41) is 12.1. The normalized spacial score (nSPS) is 11.0. The molecule has 0 atom stereocenters.